The number of benzene rings is 1. The second-order valence-corrected chi connectivity index (χ2v) is 15.3. The van der Waals surface area contributed by atoms with E-state index in [1.54, 1.807) is 35.9 Å². The van der Waals surface area contributed by atoms with Crippen molar-refractivity contribution in [2.45, 2.75) is 38.8 Å². The summed E-state index contributed by atoms with van der Waals surface area (Å²) in [7, 11) is 0.218. The Hall–Kier alpha value is -3.95. The standard InChI is InChI=1S/C25H27F2N7O2Si/c1-33-24(29-14-30-33)25(35)32-20-10-9-18-19(13-28)21(16-7-5-6-8-17(16)22(26)27)34(23(18)31-20)15-36-11-12-37(2,3)4/h5-10,14,22H,11-12,15H2,1-4H3,(H,31,32,35). The number of ether oxygens (including phenoxy) is 1. The highest BCUT2D eigenvalue weighted by molar-refractivity contribution is 6.76. The molecule has 0 aliphatic rings. The number of nitrogens with one attached hydrogen (secondary N) is 1. The molecule has 0 saturated heterocycles. The Morgan fingerprint density at radius 3 is 2.62 bits per heavy atom. The molecule has 0 atom stereocenters. The van der Waals surface area contributed by atoms with Crippen molar-refractivity contribution in [3.8, 4) is 17.3 Å². The van der Waals surface area contributed by atoms with Crippen molar-refractivity contribution in [3.05, 3.63) is 59.7 Å². The number of carbonyl (C=O) groups excluding carboxylic acids is 1. The van der Waals surface area contributed by atoms with Crippen LogP contribution >= 0.6 is 0 Å². The molecule has 1 aromatic carbocycles. The summed E-state index contributed by atoms with van der Waals surface area (Å²) >= 11 is 0. The van der Waals surface area contributed by atoms with Crippen LogP contribution in [-0.4, -0.2) is 44.9 Å². The number of carbonyl (C=O) groups is 1. The summed E-state index contributed by atoms with van der Waals surface area (Å²) in [5.41, 5.74) is 0.868. The summed E-state index contributed by atoms with van der Waals surface area (Å²) in [6.45, 7) is 7.17. The molecule has 0 aliphatic heterocycles. The second-order valence-electron chi connectivity index (χ2n) is 9.73. The lowest BCUT2D eigenvalue weighted by Crippen LogP contribution is -2.22. The maximum Gasteiger partial charge on any atom is 0.294 e. The first-order valence-corrected chi connectivity index (χ1v) is 15.4. The normalized spacial score (nSPS) is 11.7. The first-order valence-electron chi connectivity index (χ1n) is 11.6. The predicted octanol–water partition coefficient (Wildman–Crippen LogP) is 5.21. The molecule has 192 valence electrons. The Morgan fingerprint density at radius 1 is 1.22 bits per heavy atom. The van der Waals surface area contributed by atoms with Gasteiger partial charge in [-0.1, -0.05) is 43.9 Å². The fraction of sp³-hybridized carbons (Fsp3) is 0.320. The Labute approximate surface area is 213 Å². The third-order valence-electron chi connectivity index (χ3n) is 5.84. The molecule has 4 rings (SSSR count). The number of hydrogen-bond acceptors (Lipinski definition) is 6. The molecule has 0 aliphatic carbocycles. The maximum absolute atomic E-state index is 14.0. The molecule has 4 aromatic rings. The van der Waals surface area contributed by atoms with E-state index < -0.39 is 20.4 Å². The van der Waals surface area contributed by atoms with Crippen LogP contribution in [0.1, 0.15) is 28.2 Å². The fourth-order valence-electron chi connectivity index (χ4n) is 3.92. The molecule has 1 amide bonds. The molecule has 9 nitrogen and oxygen atoms in total. The van der Waals surface area contributed by atoms with E-state index in [0.717, 1.165) is 6.04 Å². The molecule has 0 unspecified atom stereocenters. The van der Waals surface area contributed by atoms with Crippen LogP contribution in [0.15, 0.2) is 42.7 Å². The Bertz CT molecular complexity index is 1480. The number of alkyl halides is 2. The molecule has 3 heterocycles. The zero-order chi connectivity index (χ0) is 26.7. The van der Waals surface area contributed by atoms with Crippen LogP contribution in [0.5, 0.6) is 0 Å². The highest BCUT2D eigenvalue weighted by Gasteiger charge is 2.25. The van der Waals surface area contributed by atoms with Gasteiger partial charge in [-0.2, -0.15) is 10.4 Å². The van der Waals surface area contributed by atoms with Crippen molar-refractivity contribution >= 4 is 30.8 Å². The number of pyridine rings is 1. The topological polar surface area (TPSA) is 111 Å². The van der Waals surface area contributed by atoms with E-state index in [-0.39, 0.29) is 35.1 Å². The first-order chi connectivity index (χ1) is 17.6. The summed E-state index contributed by atoms with van der Waals surface area (Å²) in [4.78, 5) is 21.2. The average molecular weight is 524 g/mol. The van der Waals surface area contributed by atoms with Crippen molar-refractivity contribution in [1.29, 1.82) is 5.26 Å². The molecule has 3 aromatic heterocycles. The maximum atomic E-state index is 14.0. The van der Waals surface area contributed by atoms with Gasteiger partial charge in [-0.15, -0.1) is 0 Å². The van der Waals surface area contributed by atoms with Gasteiger partial charge in [0, 0.05) is 38.2 Å². The van der Waals surface area contributed by atoms with Crippen LogP contribution in [0, 0.1) is 11.3 Å². The van der Waals surface area contributed by atoms with Gasteiger partial charge in [0.05, 0.1) is 11.3 Å². The largest absolute Gasteiger partial charge is 0.361 e. The molecule has 0 bridgehead atoms. The van der Waals surface area contributed by atoms with Crippen LogP contribution in [0.3, 0.4) is 0 Å². The minimum absolute atomic E-state index is 0.00323. The monoisotopic (exact) mass is 523 g/mol. The van der Waals surface area contributed by atoms with Gasteiger partial charge in [-0.05, 0) is 18.2 Å². The summed E-state index contributed by atoms with van der Waals surface area (Å²) in [6.07, 6.45) is -1.48. The number of hydrogen-bond donors (Lipinski definition) is 1. The lowest BCUT2D eigenvalue weighted by atomic mass is 10.0. The predicted molar refractivity (Wildman–Crippen MR) is 138 cm³/mol. The van der Waals surface area contributed by atoms with E-state index in [1.165, 1.54) is 23.1 Å². The van der Waals surface area contributed by atoms with E-state index in [0.29, 0.717) is 23.3 Å². The number of nitriles is 1. The molecule has 12 heteroatoms. The molecule has 0 fully saturated rings. The van der Waals surface area contributed by atoms with Crippen LogP contribution in [0.4, 0.5) is 14.6 Å². The number of fused-ring (bicyclic) bond motifs is 1. The Morgan fingerprint density at radius 2 is 1.97 bits per heavy atom. The van der Waals surface area contributed by atoms with Gasteiger partial charge < -0.3 is 10.1 Å². The SMILES string of the molecule is Cn1ncnc1C(=O)Nc1ccc2c(C#N)c(-c3ccccc3C(F)F)n(COCC[Si](C)(C)C)c2n1. The number of amides is 1. The Kier molecular flexibility index (Phi) is 7.47. The number of halogens is 2. The van der Waals surface area contributed by atoms with Gasteiger partial charge in [0.25, 0.3) is 12.3 Å². The van der Waals surface area contributed by atoms with Crippen LogP contribution < -0.4 is 5.32 Å². The fourth-order valence-corrected chi connectivity index (χ4v) is 4.67. The van der Waals surface area contributed by atoms with Gasteiger partial charge >= 0.3 is 0 Å². The number of anilines is 1. The zero-order valence-electron chi connectivity index (χ0n) is 21.0. The first kappa shape index (κ1) is 26.1. The average Bonchev–Trinajstić information content (AvgIpc) is 3.41. The highest BCUT2D eigenvalue weighted by Crippen LogP contribution is 2.38. The lowest BCUT2D eigenvalue weighted by molar-refractivity contribution is 0.0908. The van der Waals surface area contributed by atoms with E-state index in [4.69, 9.17) is 4.74 Å². The van der Waals surface area contributed by atoms with Crippen molar-refractivity contribution in [2.24, 2.45) is 7.05 Å². The minimum Gasteiger partial charge on any atom is -0.361 e. The molecule has 37 heavy (non-hydrogen) atoms. The van der Waals surface area contributed by atoms with Crippen LogP contribution in [0.2, 0.25) is 25.7 Å². The van der Waals surface area contributed by atoms with Gasteiger partial charge in [-0.25, -0.2) is 23.4 Å². The minimum atomic E-state index is -2.74. The van der Waals surface area contributed by atoms with Crippen molar-refractivity contribution in [2.75, 3.05) is 11.9 Å². The summed E-state index contributed by atoms with van der Waals surface area (Å²) in [5, 5.41) is 17.1. The smallest absolute Gasteiger partial charge is 0.294 e. The third-order valence-corrected chi connectivity index (χ3v) is 7.55. The number of aryl methyl sites for hydroxylation is 1. The lowest BCUT2D eigenvalue weighted by Gasteiger charge is -2.17. The van der Waals surface area contributed by atoms with Gasteiger partial charge in [0.2, 0.25) is 5.82 Å². The number of nitrogens with zero attached hydrogens (tertiary/aromatic N) is 6. The molecule has 1 N–H and O–H groups in total. The molecule has 0 radical (unpaired) electrons. The molecule has 0 saturated carbocycles. The van der Waals surface area contributed by atoms with Gasteiger partial charge in [0.1, 0.15) is 30.6 Å². The third kappa shape index (κ3) is 5.57. The summed E-state index contributed by atoms with van der Waals surface area (Å²) in [6, 6.07) is 12.4. The summed E-state index contributed by atoms with van der Waals surface area (Å²) < 4.78 is 36.8. The van der Waals surface area contributed by atoms with Crippen molar-refractivity contribution in [1.82, 2.24) is 24.3 Å². The van der Waals surface area contributed by atoms with Crippen LogP contribution in [0.25, 0.3) is 22.3 Å². The quantitative estimate of drug-likeness (QED) is 0.238. The molecular weight excluding hydrogens is 496 g/mol. The van der Waals surface area contributed by atoms with Crippen molar-refractivity contribution in [3.63, 3.8) is 0 Å². The zero-order valence-corrected chi connectivity index (χ0v) is 22.0. The van der Waals surface area contributed by atoms with E-state index >= 15 is 0 Å². The summed E-state index contributed by atoms with van der Waals surface area (Å²) in [5.74, 6) is -0.212. The Balaban J connectivity index is 1.83. The second kappa shape index (κ2) is 10.6. The van der Waals surface area contributed by atoms with Gasteiger partial charge in [-0.3, -0.25) is 9.36 Å². The number of rotatable bonds is 9. The number of aromatic nitrogens is 5. The molecular formula is C25H27F2N7O2Si. The van der Waals surface area contributed by atoms with E-state index in [9.17, 15) is 18.8 Å². The van der Waals surface area contributed by atoms with Crippen molar-refractivity contribution < 1.29 is 18.3 Å². The van der Waals surface area contributed by atoms with E-state index in [1.807, 2.05) is 0 Å². The van der Waals surface area contributed by atoms with Crippen LogP contribution in [-0.2, 0) is 18.5 Å². The molecule has 0 spiro atoms. The van der Waals surface area contributed by atoms with E-state index in [2.05, 4.69) is 46.1 Å². The van der Waals surface area contributed by atoms with Gasteiger partial charge in [0.15, 0.2) is 0 Å². The highest BCUT2D eigenvalue weighted by atomic mass is 28.3.